The Labute approximate surface area is 40.2 Å². The summed E-state index contributed by atoms with van der Waals surface area (Å²) in [7, 11) is 0. The average Bonchev–Trinajstić information content (AvgIpc) is 1.38. The van der Waals surface area contributed by atoms with E-state index in [9.17, 15) is 0 Å². The molecule has 0 aliphatic rings. The Balaban J connectivity index is 0. The number of allylic oxidation sites excluding steroid dienone is 2. The summed E-state index contributed by atoms with van der Waals surface area (Å²) in [5, 5.41) is 0. The Morgan fingerprint density at radius 2 is 1.83 bits per heavy atom. The van der Waals surface area contributed by atoms with Crippen molar-refractivity contribution in [3.8, 4) is 0 Å². The minimum absolute atomic E-state index is 0. The van der Waals surface area contributed by atoms with Gasteiger partial charge in [-0.15, -0.1) is 0 Å². The highest BCUT2D eigenvalue weighted by Gasteiger charge is 1.59. The van der Waals surface area contributed by atoms with Gasteiger partial charge in [0.05, 0.1) is 0 Å². The quantitative estimate of drug-likeness (QED) is 0.426. The lowest BCUT2D eigenvalue weighted by Crippen LogP contribution is -1.50. The molecule has 0 saturated carbocycles. The standard InChI is InChI=1S/C5H8.CH3/c1-4-5(2)3;/h4H,1-2H2,3H3;1H3. The fraction of sp³-hybridized carbons (Fsp3) is 0.167. The topological polar surface area (TPSA) is 0 Å². The van der Waals surface area contributed by atoms with E-state index in [4.69, 9.17) is 0 Å². The molecule has 0 bridgehead atoms. The highest BCUT2D eigenvalue weighted by Crippen LogP contribution is 1.81. The smallest absolute Gasteiger partial charge is 0.0404 e. The second kappa shape index (κ2) is 4.48. The van der Waals surface area contributed by atoms with Gasteiger partial charge in [-0.1, -0.05) is 32.2 Å². The molecule has 0 rings (SSSR count). The van der Waals surface area contributed by atoms with Gasteiger partial charge in [0.2, 0.25) is 0 Å². The van der Waals surface area contributed by atoms with Crippen LogP contribution in [0.3, 0.4) is 0 Å². The largest absolute Gasteiger partial charge is 0.0988 e. The zero-order valence-corrected chi connectivity index (χ0v) is 4.49. The molecule has 0 nitrogen and oxygen atoms in total. The summed E-state index contributed by atoms with van der Waals surface area (Å²) >= 11 is 0. The van der Waals surface area contributed by atoms with E-state index in [0.717, 1.165) is 5.57 Å². The Bertz CT molecular complexity index is 51.1. The number of hydrogen-bond donors (Lipinski definition) is 0. The van der Waals surface area contributed by atoms with Crippen molar-refractivity contribution in [2.45, 2.75) is 6.92 Å². The molecule has 0 spiro atoms. The fourth-order valence-corrected chi connectivity index (χ4v) is 0. The maximum atomic E-state index is 3.56. The SMILES string of the molecule is C=CC(=C)C.[CH3]. The lowest BCUT2D eigenvalue weighted by Gasteiger charge is -1.71. The van der Waals surface area contributed by atoms with Gasteiger partial charge in [-0.2, -0.15) is 0 Å². The lowest BCUT2D eigenvalue weighted by atomic mass is 10.4. The molecule has 0 N–H and O–H groups in total. The third-order valence-corrected chi connectivity index (χ3v) is 0.348. The predicted molar refractivity (Wildman–Crippen MR) is 31.4 cm³/mol. The molecule has 0 heteroatoms. The van der Waals surface area contributed by atoms with Gasteiger partial charge in [0.1, 0.15) is 0 Å². The summed E-state index contributed by atoms with van der Waals surface area (Å²) in [5.41, 5.74) is 1.02. The summed E-state index contributed by atoms with van der Waals surface area (Å²) in [6.45, 7) is 8.93. The van der Waals surface area contributed by atoms with Gasteiger partial charge < -0.3 is 0 Å². The first kappa shape index (κ1) is 9.08. The monoisotopic (exact) mass is 83.1 g/mol. The van der Waals surface area contributed by atoms with Gasteiger partial charge in [0.25, 0.3) is 0 Å². The van der Waals surface area contributed by atoms with Crippen LogP contribution in [0.15, 0.2) is 24.8 Å². The fourth-order valence-electron chi connectivity index (χ4n) is 0. The third-order valence-electron chi connectivity index (χ3n) is 0.348. The van der Waals surface area contributed by atoms with Crippen molar-refractivity contribution >= 4 is 0 Å². The normalized spacial score (nSPS) is 5.50. The van der Waals surface area contributed by atoms with Crippen LogP contribution >= 0.6 is 0 Å². The van der Waals surface area contributed by atoms with E-state index < -0.39 is 0 Å². The Morgan fingerprint density at radius 3 is 1.83 bits per heavy atom. The molecule has 0 aliphatic heterocycles. The van der Waals surface area contributed by atoms with E-state index in [1.165, 1.54) is 0 Å². The molecular formula is C6H11. The van der Waals surface area contributed by atoms with Gasteiger partial charge in [-0.3, -0.25) is 0 Å². The zero-order chi connectivity index (χ0) is 4.28. The maximum Gasteiger partial charge on any atom is -0.0404 e. The van der Waals surface area contributed by atoms with Crippen LogP contribution in [0.25, 0.3) is 0 Å². The Hall–Kier alpha value is -0.520. The highest BCUT2D eigenvalue weighted by molar-refractivity contribution is 5.05. The Kier molecular flexibility index (Phi) is 6.78. The first-order valence-electron chi connectivity index (χ1n) is 1.55. The van der Waals surface area contributed by atoms with E-state index >= 15 is 0 Å². The van der Waals surface area contributed by atoms with Crippen LogP contribution < -0.4 is 0 Å². The van der Waals surface area contributed by atoms with Crippen LogP contribution in [0, 0.1) is 7.43 Å². The van der Waals surface area contributed by atoms with Crippen LogP contribution in [-0.2, 0) is 0 Å². The van der Waals surface area contributed by atoms with E-state index in [1.54, 1.807) is 6.08 Å². The second-order valence-corrected chi connectivity index (χ2v) is 1.05. The van der Waals surface area contributed by atoms with Crippen LogP contribution in [0.4, 0.5) is 0 Å². The summed E-state index contributed by atoms with van der Waals surface area (Å²) < 4.78 is 0. The van der Waals surface area contributed by atoms with Crippen molar-refractivity contribution in [3.05, 3.63) is 32.2 Å². The van der Waals surface area contributed by atoms with E-state index in [1.807, 2.05) is 6.92 Å². The van der Waals surface area contributed by atoms with Gasteiger partial charge in [0.15, 0.2) is 0 Å². The molecule has 0 heterocycles. The highest BCUT2D eigenvalue weighted by atomic mass is 13.7. The molecule has 35 valence electrons. The van der Waals surface area contributed by atoms with Crippen LogP contribution in [0.2, 0.25) is 0 Å². The van der Waals surface area contributed by atoms with Crippen molar-refractivity contribution in [1.29, 1.82) is 0 Å². The van der Waals surface area contributed by atoms with E-state index in [-0.39, 0.29) is 7.43 Å². The minimum Gasteiger partial charge on any atom is -0.0988 e. The molecule has 6 heavy (non-hydrogen) atoms. The van der Waals surface area contributed by atoms with Crippen molar-refractivity contribution in [1.82, 2.24) is 0 Å². The average molecular weight is 83.2 g/mol. The van der Waals surface area contributed by atoms with Crippen LogP contribution in [-0.4, -0.2) is 0 Å². The molecule has 0 aliphatic carbocycles. The molecule has 1 radical (unpaired) electrons. The second-order valence-electron chi connectivity index (χ2n) is 1.05. The molecule has 0 unspecified atom stereocenters. The third kappa shape index (κ3) is 9.77. The van der Waals surface area contributed by atoms with E-state index in [2.05, 4.69) is 13.2 Å². The molecule has 0 aromatic carbocycles. The predicted octanol–water partition coefficient (Wildman–Crippen LogP) is 2.20. The Morgan fingerprint density at radius 1 is 1.67 bits per heavy atom. The molecule has 0 aromatic heterocycles. The number of hydrogen-bond acceptors (Lipinski definition) is 0. The minimum atomic E-state index is 0. The van der Waals surface area contributed by atoms with Gasteiger partial charge in [-0.05, 0) is 6.92 Å². The first-order chi connectivity index (χ1) is 2.27. The summed E-state index contributed by atoms with van der Waals surface area (Å²) in [6, 6.07) is 0. The molecule has 0 amide bonds. The molecule has 0 fully saturated rings. The van der Waals surface area contributed by atoms with Crippen molar-refractivity contribution in [3.63, 3.8) is 0 Å². The van der Waals surface area contributed by atoms with Gasteiger partial charge in [0, 0.05) is 0 Å². The summed E-state index contributed by atoms with van der Waals surface area (Å²) in [5.74, 6) is 0. The van der Waals surface area contributed by atoms with Gasteiger partial charge >= 0.3 is 0 Å². The summed E-state index contributed by atoms with van der Waals surface area (Å²) in [6.07, 6.45) is 1.72. The zero-order valence-electron chi connectivity index (χ0n) is 4.49. The maximum absolute atomic E-state index is 3.56. The van der Waals surface area contributed by atoms with Crippen LogP contribution in [0.1, 0.15) is 6.92 Å². The molecule has 0 atom stereocenters. The molecular weight excluding hydrogens is 72.1 g/mol. The summed E-state index contributed by atoms with van der Waals surface area (Å²) in [4.78, 5) is 0. The number of rotatable bonds is 1. The molecule has 0 saturated heterocycles. The van der Waals surface area contributed by atoms with Crippen molar-refractivity contribution < 1.29 is 0 Å². The van der Waals surface area contributed by atoms with Crippen molar-refractivity contribution in [2.24, 2.45) is 0 Å². The van der Waals surface area contributed by atoms with Gasteiger partial charge in [-0.25, -0.2) is 0 Å². The van der Waals surface area contributed by atoms with Crippen molar-refractivity contribution in [2.75, 3.05) is 0 Å². The van der Waals surface area contributed by atoms with E-state index in [0.29, 0.717) is 0 Å². The lowest BCUT2D eigenvalue weighted by molar-refractivity contribution is 1.58. The van der Waals surface area contributed by atoms with Crippen LogP contribution in [0.5, 0.6) is 0 Å². The first-order valence-corrected chi connectivity index (χ1v) is 1.55. The molecule has 0 aromatic rings.